The monoisotopic (exact) mass is 402 g/mol. The Morgan fingerprint density at radius 1 is 0.862 bits per heavy atom. The SMILES string of the molecule is CCC(CCC(C)C1CCC(C)CC1)c1ccc(-c2cc(F)c(F)c(F)c2)cc1. The minimum absolute atomic E-state index is 0.362. The molecule has 0 nitrogen and oxygen atoms in total. The van der Waals surface area contributed by atoms with Gasteiger partial charge in [-0.3, -0.25) is 0 Å². The summed E-state index contributed by atoms with van der Waals surface area (Å²) in [5, 5.41) is 0. The quantitative estimate of drug-likeness (QED) is 0.407. The molecule has 158 valence electrons. The lowest BCUT2D eigenvalue weighted by atomic mass is 9.74. The van der Waals surface area contributed by atoms with Crippen molar-refractivity contribution in [2.24, 2.45) is 17.8 Å². The molecule has 1 saturated carbocycles. The Bertz CT molecular complexity index is 765. The third-order valence-corrected chi connectivity index (χ3v) is 7.03. The zero-order valence-electron chi connectivity index (χ0n) is 17.9. The standard InChI is InChI=1S/C26H33F3/c1-4-19(10-7-18(3)20-8-5-17(2)6-9-20)21-11-13-22(14-12-21)23-15-24(27)26(29)25(28)16-23/h11-20H,4-10H2,1-3H3. The van der Waals surface area contributed by atoms with E-state index >= 15 is 0 Å². The molecule has 0 amide bonds. The number of rotatable bonds is 7. The minimum Gasteiger partial charge on any atom is -0.204 e. The maximum Gasteiger partial charge on any atom is 0.194 e. The molecule has 0 bridgehead atoms. The van der Waals surface area contributed by atoms with Crippen molar-refractivity contribution in [2.45, 2.75) is 71.6 Å². The fraction of sp³-hybridized carbons (Fsp3) is 0.538. The molecule has 0 radical (unpaired) electrons. The maximum absolute atomic E-state index is 13.5. The van der Waals surface area contributed by atoms with Crippen molar-refractivity contribution >= 4 is 0 Å². The van der Waals surface area contributed by atoms with Crippen LogP contribution >= 0.6 is 0 Å². The highest BCUT2D eigenvalue weighted by Crippen LogP contribution is 2.37. The van der Waals surface area contributed by atoms with E-state index in [1.54, 1.807) is 0 Å². The van der Waals surface area contributed by atoms with E-state index < -0.39 is 17.5 Å². The van der Waals surface area contributed by atoms with E-state index in [2.05, 4.69) is 32.9 Å². The molecule has 3 rings (SSSR count). The van der Waals surface area contributed by atoms with Gasteiger partial charge in [-0.15, -0.1) is 0 Å². The van der Waals surface area contributed by atoms with Gasteiger partial charge in [-0.05, 0) is 84.6 Å². The van der Waals surface area contributed by atoms with E-state index in [1.807, 2.05) is 12.1 Å². The van der Waals surface area contributed by atoms with Crippen molar-refractivity contribution in [3.63, 3.8) is 0 Å². The minimum atomic E-state index is -1.42. The molecule has 2 aromatic rings. The predicted octanol–water partition coefficient (Wildman–Crippen LogP) is 8.51. The van der Waals surface area contributed by atoms with Gasteiger partial charge in [0.25, 0.3) is 0 Å². The largest absolute Gasteiger partial charge is 0.204 e. The summed E-state index contributed by atoms with van der Waals surface area (Å²) in [4.78, 5) is 0. The summed E-state index contributed by atoms with van der Waals surface area (Å²) in [7, 11) is 0. The van der Waals surface area contributed by atoms with E-state index in [0.717, 1.165) is 36.3 Å². The van der Waals surface area contributed by atoms with E-state index in [4.69, 9.17) is 0 Å². The van der Waals surface area contributed by atoms with Gasteiger partial charge < -0.3 is 0 Å². The number of hydrogen-bond donors (Lipinski definition) is 0. The lowest BCUT2D eigenvalue weighted by Gasteiger charge is -2.31. The maximum atomic E-state index is 13.5. The fourth-order valence-corrected chi connectivity index (χ4v) is 4.83. The van der Waals surface area contributed by atoms with Crippen LogP contribution in [-0.4, -0.2) is 0 Å². The average Bonchev–Trinajstić information content (AvgIpc) is 2.73. The molecule has 1 aliphatic rings. The van der Waals surface area contributed by atoms with Crippen LogP contribution in [0.1, 0.15) is 77.2 Å². The summed E-state index contributed by atoms with van der Waals surface area (Å²) >= 11 is 0. The molecule has 0 aromatic heterocycles. The molecule has 3 heteroatoms. The summed E-state index contributed by atoms with van der Waals surface area (Å²) in [5.41, 5.74) is 2.33. The normalized spacial score (nSPS) is 21.7. The van der Waals surface area contributed by atoms with Crippen LogP contribution in [0.15, 0.2) is 36.4 Å². The van der Waals surface area contributed by atoms with Crippen LogP contribution < -0.4 is 0 Å². The molecule has 2 aromatic carbocycles. The molecule has 0 N–H and O–H groups in total. The van der Waals surface area contributed by atoms with Gasteiger partial charge in [0.15, 0.2) is 17.5 Å². The molecule has 1 aliphatic carbocycles. The molecule has 2 atom stereocenters. The number of hydrogen-bond acceptors (Lipinski definition) is 0. The molecule has 2 unspecified atom stereocenters. The first-order valence-electron chi connectivity index (χ1n) is 11.1. The molecule has 1 fully saturated rings. The van der Waals surface area contributed by atoms with Crippen LogP contribution in [0, 0.1) is 35.2 Å². The van der Waals surface area contributed by atoms with E-state index in [0.29, 0.717) is 17.0 Å². The second-order valence-electron chi connectivity index (χ2n) is 9.06. The van der Waals surface area contributed by atoms with Crippen LogP contribution in [0.5, 0.6) is 0 Å². The van der Waals surface area contributed by atoms with Gasteiger partial charge in [-0.1, -0.05) is 57.9 Å². The summed E-state index contributed by atoms with van der Waals surface area (Å²) < 4.78 is 40.2. The predicted molar refractivity (Wildman–Crippen MR) is 114 cm³/mol. The first-order valence-corrected chi connectivity index (χ1v) is 11.1. The topological polar surface area (TPSA) is 0 Å². The highest BCUT2D eigenvalue weighted by molar-refractivity contribution is 5.64. The van der Waals surface area contributed by atoms with Crippen molar-refractivity contribution in [3.8, 4) is 11.1 Å². The van der Waals surface area contributed by atoms with Crippen LogP contribution in [0.3, 0.4) is 0 Å². The van der Waals surface area contributed by atoms with Crippen molar-refractivity contribution in [1.82, 2.24) is 0 Å². The molecular formula is C26H33F3. The zero-order chi connectivity index (χ0) is 21.0. The lowest BCUT2D eigenvalue weighted by molar-refractivity contribution is 0.210. The van der Waals surface area contributed by atoms with Crippen LogP contribution in [-0.2, 0) is 0 Å². The Balaban J connectivity index is 1.63. The average molecular weight is 403 g/mol. The zero-order valence-corrected chi connectivity index (χ0v) is 17.9. The van der Waals surface area contributed by atoms with Gasteiger partial charge in [-0.2, -0.15) is 0 Å². The Morgan fingerprint density at radius 2 is 1.45 bits per heavy atom. The molecule has 0 saturated heterocycles. The van der Waals surface area contributed by atoms with Crippen molar-refractivity contribution in [3.05, 3.63) is 59.4 Å². The van der Waals surface area contributed by atoms with Gasteiger partial charge >= 0.3 is 0 Å². The van der Waals surface area contributed by atoms with Gasteiger partial charge in [0.1, 0.15) is 0 Å². The molecule has 0 aliphatic heterocycles. The first kappa shape index (κ1) is 21.9. The first-order chi connectivity index (χ1) is 13.9. The second-order valence-corrected chi connectivity index (χ2v) is 9.06. The summed E-state index contributed by atoms with van der Waals surface area (Å²) in [6.07, 6.45) is 8.98. The Kier molecular flexibility index (Phi) is 7.43. The van der Waals surface area contributed by atoms with Gasteiger partial charge in [0, 0.05) is 0 Å². The fourth-order valence-electron chi connectivity index (χ4n) is 4.83. The van der Waals surface area contributed by atoms with Gasteiger partial charge in [0.05, 0.1) is 0 Å². The van der Waals surface area contributed by atoms with Crippen LogP contribution in [0.4, 0.5) is 13.2 Å². The van der Waals surface area contributed by atoms with Crippen molar-refractivity contribution < 1.29 is 13.2 Å². The van der Waals surface area contributed by atoms with Gasteiger partial charge in [-0.25, -0.2) is 13.2 Å². The van der Waals surface area contributed by atoms with Crippen molar-refractivity contribution in [1.29, 1.82) is 0 Å². The van der Waals surface area contributed by atoms with Crippen LogP contribution in [0.25, 0.3) is 11.1 Å². The Labute approximate surface area is 173 Å². The number of halogens is 3. The van der Waals surface area contributed by atoms with Gasteiger partial charge in [0.2, 0.25) is 0 Å². The molecule has 0 heterocycles. The Morgan fingerprint density at radius 3 is 2.00 bits per heavy atom. The van der Waals surface area contributed by atoms with E-state index in [-0.39, 0.29) is 0 Å². The second kappa shape index (κ2) is 9.82. The van der Waals surface area contributed by atoms with E-state index in [1.165, 1.54) is 44.1 Å². The third kappa shape index (κ3) is 5.43. The highest BCUT2D eigenvalue weighted by Gasteiger charge is 2.24. The molecular weight excluding hydrogens is 369 g/mol. The van der Waals surface area contributed by atoms with Crippen molar-refractivity contribution in [2.75, 3.05) is 0 Å². The van der Waals surface area contributed by atoms with E-state index in [9.17, 15) is 13.2 Å². The Hall–Kier alpha value is -1.77. The third-order valence-electron chi connectivity index (χ3n) is 7.03. The summed E-state index contributed by atoms with van der Waals surface area (Å²) in [6, 6.07) is 9.98. The number of benzene rings is 2. The van der Waals surface area contributed by atoms with Crippen LogP contribution in [0.2, 0.25) is 0 Å². The highest BCUT2D eigenvalue weighted by atomic mass is 19.2. The lowest BCUT2D eigenvalue weighted by Crippen LogP contribution is -2.19. The molecule has 29 heavy (non-hydrogen) atoms. The summed E-state index contributed by atoms with van der Waals surface area (Å²) in [6.45, 7) is 7.00. The summed E-state index contributed by atoms with van der Waals surface area (Å²) in [5.74, 6) is -0.698. The molecule has 0 spiro atoms. The smallest absolute Gasteiger partial charge is 0.194 e.